The van der Waals surface area contributed by atoms with Crippen LogP contribution in [0.1, 0.15) is 24.5 Å². The number of rotatable bonds is 5. The Morgan fingerprint density at radius 3 is 2.67 bits per heavy atom. The summed E-state index contributed by atoms with van der Waals surface area (Å²) in [5, 5.41) is 3.50. The molecule has 3 rings (SSSR count). The zero-order chi connectivity index (χ0) is 14.7. The smallest absolute Gasteiger partial charge is 0.111 e. The molecular formula is C17H20N4. The number of pyridine rings is 1. The molecule has 4 heteroatoms. The van der Waals surface area contributed by atoms with Crippen molar-refractivity contribution in [2.75, 3.05) is 6.54 Å². The second-order valence-electron chi connectivity index (χ2n) is 5.14. The molecule has 0 fully saturated rings. The van der Waals surface area contributed by atoms with E-state index in [1.165, 1.54) is 5.52 Å². The Morgan fingerprint density at radius 1 is 1.14 bits per heavy atom. The first-order valence-electron chi connectivity index (χ1n) is 7.34. The minimum Gasteiger partial charge on any atom is -0.331 e. The Bertz CT molecular complexity index is 718. The predicted molar refractivity (Wildman–Crippen MR) is 85.1 cm³/mol. The zero-order valence-corrected chi connectivity index (χ0v) is 12.5. The van der Waals surface area contributed by atoms with Gasteiger partial charge in [0.2, 0.25) is 0 Å². The summed E-state index contributed by atoms with van der Waals surface area (Å²) < 4.78 is 2.17. The van der Waals surface area contributed by atoms with Crippen LogP contribution >= 0.6 is 0 Å². The molecule has 0 radical (unpaired) electrons. The topological polar surface area (TPSA) is 42.7 Å². The molecule has 1 unspecified atom stereocenters. The summed E-state index contributed by atoms with van der Waals surface area (Å²) in [6.45, 7) is 3.02. The van der Waals surface area contributed by atoms with Crippen molar-refractivity contribution in [3.05, 3.63) is 60.2 Å². The van der Waals surface area contributed by atoms with E-state index in [0.717, 1.165) is 30.0 Å². The van der Waals surface area contributed by atoms with Crippen LogP contribution in [0, 0.1) is 0 Å². The highest BCUT2D eigenvalue weighted by atomic mass is 15.1. The summed E-state index contributed by atoms with van der Waals surface area (Å²) in [6, 6.07) is 14.5. The fourth-order valence-electron chi connectivity index (χ4n) is 2.67. The molecule has 0 spiro atoms. The van der Waals surface area contributed by atoms with Crippen molar-refractivity contribution in [3.8, 4) is 0 Å². The molecule has 1 aromatic carbocycles. The van der Waals surface area contributed by atoms with Gasteiger partial charge in [0.05, 0.1) is 22.8 Å². The van der Waals surface area contributed by atoms with Crippen molar-refractivity contribution in [3.63, 3.8) is 0 Å². The number of nitrogens with one attached hydrogen (secondary N) is 1. The van der Waals surface area contributed by atoms with Gasteiger partial charge in [-0.15, -0.1) is 0 Å². The van der Waals surface area contributed by atoms with Crippen molar-refractivity contribution < 1.29 is 0 Å². The number of nitrogens with zero attached hydrogens (tertiary/aromatic N) is 3. The number of likely N-dealkylation sites (N-methyl/N-ethyl adjacent to an activating group) is 1. The number of imidazole rings is 1. The average molecular weight is 280 g/mol. The third-order valence-electron chi connectivity index (χ3n) is 3.76. The molecule has 0 aliphatic carbocycles. The maximum atomic E-state index is 4.75. The van der Waals surface area contributed by atoms with Gasteiger partial charge in [0.15, 0.2) is 0 Å². The number of hydrogen-bond acceptors (Lipinski definition) is 3. The Balaban J connectivity index is 1.93. The quantitative estimate of drug-likeness (QED) is 0.781. The number of fused-ring (bicyclic) bond motifs is 1. The average Bonchev–Trinajstić information content (AvgIpc) is 2.84. The lowest BCUT2D eigenvalue weighted by atomic mass is 10.1. The number of aryl methyl sites for hydroxylation is 1. The number of benzene rings is 1. The monoisotopic (exact) mass is 280 g/mol. The van der Waals surface area contributed by atoms with Gasteiger partial charge in [0.1, 0.15) is 5.82 Å². The van der Waals surface area contributed by atoms with Crippen LogP contribution < -0.4 is 5.32 Å². The van der Waals surface area contributed by atoms with E-state index in [4.69, 9.17) is 4.98 Å². The first kappa shape index (κ1) is 13.8. The maximum absolute atomic E-state index is 4.75. The fourth-order valence-corrected chi connectivity index (χ4v) is 2.67. The molecule has 1 atom stereocenters. The highest BCUT2D eigenvalue weighted by Gasteiger charge is 2.16. The van der Waals surface area contributed by atoms with E-state index in [1.807, 2.05) is 30.5 Å². The Morgan fingerprint density at radius 2 is 1.95 bits per heavy atom. The molecule has 0 aliphatic heterocycles. The molecule has 0 bridgehead atoms. The van der Waals surface area contributed by atoms with Crippen LogP contribution in [-0.2, 0) is 13.5 Å². The summed E-state index contributed by atoms with van der Waals surface area (Å²) >= 11 is 0. The minimum absolute atomic E-state index is 0.187. The maximum Gasteiger partial charge on any atom is 0.111 e. The molecule has 1 N–H and O–H groups in total. The van der Waals surface area contributed by atoms with Gasteiger partial charge in [-0.3, -0.25) is 4.98 Å². The molecule has 3 aromatic rings. The van der Waals surface area contributed by atoms with E-state index in [1.54, 1.807) is 0 Å². The second-order valence-corrected chi connectivity index (χ2v) is 5.14. The van der Waals surface area contributed by atoms with Gasteiger partial charge in [0.25, 0.3) is 0 Å². The molecule has 4 nitrogen and oxygen atoms in total. The normalized spacial score (nSPS) is 12.7. The Labute approximate surface area is 124 Å². The van der Waals surface area contributed by atoms with Crippen LogP contribution in [0.5, 0.6) is 0 Å². The Hall–Kier alpha value is -2.20. The number of hydrogen-bond donors (Lipinski definition) is 1. The summed E-state index contributed by atoms with van der Waals surface area (Å²) in [5.74, 6) is 1.08. The SMILES string of the molecule is CCNC(Cc1nc2ccccc2n1C)c1ccccn1. The first-order chi connectivity index (χ1) is 10.3. The van der Waals surface area contributed by atoms with Crippen molar-refractivity contribution in [1.82, 2.24) is 19.9 Å². The van der Waals surface area contributed by atoms with E-state index < -0.39 is 0 Å². The van der Waals surface area contributed by atoms with Crippen LogP contribution in [0.3, 0.4) is 0 Å². The molecule has 108 valence electrons. The van der Waals surface area contributed by atoms with Crippen molar-refractivity contribution >= 4 is 11.0 Å². The molecule has 0 saturated carbocycles. The van der Waals surface area contributed by atoms with Crippen molar-refractivity contribution in [1.29, 1.82) is 0 Å². The van der Waals surface area contributed by atoms with E-state index in [2.05, 4.69) is 47.0 Å². The lowest BCUT2D eigenvalue weighted by molar-refractivity contribution is 0.519. The van der Waals surface area contributed by atoms with Gasteiger partial charge in [-0.05, 0) is 30.8 Å². The van der Waals surface area contributed by atoms with Crippen molar-refractivity contribution in [2.45, 2.75) is 19.4 Å². The second kappa shape index (κ2) is 6.06. The molecule has 0 aliphatic rings. The van der Waals surface area contributed by atoms with Gasteiger partial charge in [-0.2, -0.15) is 0 Å². The van der Waals surface area contributed by atoms with Gasteiger partial charge in [0, 0.05) is 19.7 Å². The fraction of sp³-hybridized carbons (Fsp3) is 0.294. The van der Waals surface area contributed by atoms with Gasteiger partial charge >= 0.3 is 0 Å². The standard InChI is InChI=1S/C17H20N4/c1-3-18-15(13-8-6-7-11-19-13)12-17-20-14-9-4-5-10-16(14)21(17)2/h4-11,15,18H,3,12H2,1-2H3. The lowest BCUT2D eigenvalue weighted by Crippen LogP contribution is -2.25. The predicted octanol–water partition coefficient (Wildman–Crippen LogP) is 2.86. The molecular weight excluding hydrogens is 260 g/mol. The van der Waals surface area contributed by atoms with Gasteiger partial charge in [-0.25, -0.2) is 4.98 Å². The highest BCUT2D eigenvalue weighted by Crippen LogP contribution is 2.20. The van der Waals surface area contributed by atoms with Crippen LogP contribution in [0.25, 0.3) is 11.0 Å². The van der Waals surface area contributed by atoms with Crippen LogP contribution in [0.4, 0.5) is 0 Å². The molecule has 21 heavy (non-hydrogen) atoms. The number of aromatic nitrogens is 3. The summed E-state index contributed by atoms with van der Waals surface area (Å²) in [4.78, 5) is 9.23. The minimum atomic E-state index is 0.187. The molecule has 0 amide bonds. The van der Waals surface area contributed by atoms with E-state index in [9.17, 15) is 0 Å². The first-order valence-corrected chi connectivity index (χ1v) is 7.34. The van der Waals surface area contributed by atoms with E-state index in [0.29, 0.717) is 0 Å². The third kappa shape index (κ3) is 2.81. The largest absolute Gasteiger partial charge is 0.331 e. The van der Waals surface area contributed by atoms with Crippen molar-refractivity contribution in [2.24, 2.45) is 7.05 Å². The highest BCUT2D eigenvalue weighted by molar-refractivity contribution is 5.75. The van der Waals surface area contributed by atoms with E-state index >= 15 is 0 Å². The van der Waals surface area contributed by atoms with Gasteiger partial charge in [-0.1, -0.05) is 25.1 Å². The van der Waals surface area contributed by atoms with Crippen LogP contribution in [0.2, 0.25) is 0 Å². The van der Waals surface area contributed by atoms with Gasteiger partial charge < -0.3 is 9.88 Å². The summed E-state index contributed by atoms with van der Waals surface area (Å²) in [5.41, 5.74) is 3.28. The Kier molecular flexibility index (Phi) is 3.97. The molecule has 2 aromatic heterocycles. The van der Waals surface area contributed by atoms with Crippen LogP contribution in [0.15, 0.2) is 48.7 Å². The third-order valence-corrected chi connectivity index (χ3v) is 3.76. The van der Waals surface area contributed by atoms with Crippen LogP contribution in [-0.4, -0.2) is 21.1 Å². The molecule has 0 saturated heterocycles. The number of para-hydroxylation sites is 2. The molecule has 2 heterocycles. The summed E-state index contributed by atoms with van der Waals surface area (Å²) in [7, 11) is 2.08. The van der Waals surface area contributed by atoms with E-state index in [-0.39, 0.29) is 6.04 Å². The summed E-state index contributed by atoms with van der Waals surface area (Å²) in [6.07, 6.45) is 2.67. The lowest BCUT2D eigenvalue weighted by Gasteiger charge is -2.17. The zero-order valence-electron chi connectivity index (χ0n) is 12.5.